The molecule has 2 aromatic rings. The Kier molecular flexibility index (Phi) is 5.61. The third kappa shape index (κ3) is 4.25. The quantitative estimate of drug-likeness (QED) is 0.610. The van der Waals surface area contributed by atoms with Gasteiger partial charge in [0, 0.05) is 11.0 Å². The van der Waals surface area contributed by atoms with Crippen molar-refractivity contribution in [1.29, 1.82) is 0 Å². The summed E-state index contributed by atoms with van der Waals surface area (Å²) in [4.78, 5) is 26.1. The second-order valence-corrected chi connectivity index (χ2v) is 7.95. The highest BCUT2D eigenvalue weighted by Gasteiger charge is 2.29. The summed E-state index contributed by atoms with van der Waals surface area (Å²) in [5.74, 6) is 0.514. The summed E-state index contributed by atoms with van der Waals surface area (Å²) >= 11 is 1.48. The monoisotopic (exact) mass is 373 g/mol. The highest BCUT2D eigenvalue weighted by molar-refractivity contribution is 7.17. The number of rotatable bonds is 5. The van der Waals surface area contributed by atoms with Gasteiger partial charge < -0.3 is 14.5 Å². The number of hydrogen-bond donors (Lipinski definition) is 1. The van der Waals surface area contributed by atoms with Gasteiger partial charge in [0.05, 0.1) is 17.9 Å². The van der Waals surface area contributed by atoms with E-state index in [1.165, 1.54) is 22.3 Å². The lowest BCUT2D eigenvalue weighted by Gasteiger charge is -2.18. The van der Waals surface area contributed by atoms with Crippen LogP contribution in [0.25, 0.3) is 6.08 Å². The first-order valence-corrected chi connectivity index (χ1v) is 9.63. The second-order valence-electron chi connectivity index (χ2n) is 6.85. The van der Waals surface area contributed by atoms with E-state index in [-0.39, 0.29) is 18.0 Å². The smallest absolute Gasteiger partial charge is 0.341 e. The number of ether oxygens (including phenoxy) is 1. The molecule has 0 fully saturated rings. The van der Waals surface area contributed by atoms with Gasteiger partial charge in [-0.3, -0.25) is 4.79 Å². The first kappa shape index (κ1) is 18.5. The predicted octanol–water partition coefficient (Wildman–Crippen LogP) is 4.68. The molecular weight excluding hydrogens is 350 g/mol. The summed E-state index contributed by atoms with van der Waals surface area (Å²) in [6, 6.07) is 3.52. The first-order chi connectivity index (χ1) is 12.4. The summed E-state index contributed by atoms with van der Waals surface area (Å²) in [6.45, 7) is 5.85. The summed E-state index contributed by atoms with van der Waals surface area (Å²) in [7, 11) is 0. The summed E-state index contributed by atoms with van der Waals surface area (Å²) in [5.41, 5.74) is 1.55. The van der Waals surface area contributed by atoms with Gasteiger partial charge in [0.15, 0.2) is 0 Å². The molecule has 1 aliphatic carbocycles. The number of amides is 1. The van der Waals surface area contributed by atoms with E-state index in [0.29, 0.717) is 22.2 Å². The minimum absolute atomic E-state index is 0.206. The van der Waals surface area contributed by atoms with E-state index in [1.807, 2.05) is 13.8 Å². The van der Waals surface area contributed by atoms with E-state index in [1.54, 1.807) is 24.5 Å². The lowest BCUT2D eigenvalue weighted by Crippen LogP contribution is -2.18. The topological polar surface area (TPSA) is 68.5 Å². The molecule has 0 saturated carbocycles. The molecule has 0 radical (unpaired) electrons. The van der Waals surface area contributed by atoms with Crippen molar-refractivity contribution < 1.29 is 18.7 Å². The van der Waals surface area contributed by atoms with E-state index >= 15 is 0 Å². The Labute approximate surface area is 157 Å². The highest BCUT2D eigenvalue weighted by atomic mass is 32.1. The van der Waals surface area contributed by atoms with Crippen LogP contribution < -0.4 is 5.32 Å². The SMILES string of the molecule is CC1CCc2c(sc(NC(=O)C=Cc3ccco3)c2C(=O)OC(C)C)C1. The lowest BCUT2D eigenvalue weighted by molar-refractivity contribution is -0.111. The molecular formula is C20H23NO4S. The molecule has 2 aromatic heterocycles. The minimum Gasteiger partial charge on any atom is -0.465 e. The van der Waals surface area contributed by atoms with Crippen molar-refractivity contribution in [3.05, 3.63) is 46.2 Å². The van der Waals surface area contributed by atoms with Crippen LogP contribution in [-0.4, -0.2) is 18.0 Å². The average molecular weight is 373 g/mol. The Hall–Kier alpha value is -2.34. The van der Waals surface area contributed by atoms with E-state index in [9.17, 15) is 9.59 Å². The van der Waals surface area contributed by atoms with Crippen LogP contribution in [0.3, 0.4) is 0 Å². The number of anilines is 1. The number of furan rings is 1. The molecule has 1 aliphatic rings. The molecule has 138 valence electrons. The fraction of sp³-hybridized carbons (Fsp3) is 0.400. The van der Waals surface area contributed by atoms with Crippen molar-refractivity contribution in [3.63, 3.8) is 0 Å². The first-order valence-electron chi connectivity index (χ1n) is 8.82. The number of hydrogen-bond acceptors (Lipinski definition) is 5. The van der Waals surface area contributed by atoms with Crippen molar-refractivity contribution >= 4 is 34.3 Å². The molecule has 0 aromatic carbocycles. The second kappa shape index (κ2) is 7.91. The maximum Gasteiger partial charge on any atom is 0.341 e. The molecule has 3 rings (SSSR count). The third-order valence-electron chi connectivity index (χ3n) is 4.24. The summed E-state index contributed by atoms with van der Waals surface area (Å²) in [6.07, 6.45) is 7.15. The van der Waals surface area contributed by atoms with E-state index in [4.69, 9.17) is 9.15 Å². The molecule has 0 aliphatic heterocycles. The van der Waals surface area contributed by atoms with E-state index < -0.39 is 0 Å². The van der Waals surface area contributed by atoms with Crippen LogP contribution in [0.2, 0.25) is 0 Å². The van der Waals surface area contributed by atoms with Crippen LogP contribution in [0.15, 0.2) is 28.9 Å². The number of esters is 1. The maximum absolute atomic E-state index is 12.6. The van der Waals surface area contributed by atoms with Gasteiger partial charge in [0.2, 0.25) is 5.91 Å². The fourth-order valence-electron chi connectivity index (χ4n) is 3.03. The normalized spacial score (nSPS) is 16.7. The average Bonchev–Trinajstić information content (AvgIpc) is 3.18. The molecule has 1 atom stereocenters. The number of fused-ring (bicyclic) bond motifs is 1. The zero-order valence-corrected chi connectivity index (χ0v) is 16.0. The molecule has 0 saturated heterocycles. The van der Waals surface area contributed by atoms with Gasteiger partial charge in [0.25, 0.3) is 0 Å². The molecule has 5 nitrogen and oxygen atoms in total. The van der Waals surface area contributed by atoms with Gasteiger partial charge in [-0.25, -0.2) is 4.79 Å². The maximum atomic E-state index is 12.6. The highest BCUT2D eigenvalue weighted by Crippen LogP contribution is 2.40. The van der Waals surface area contributed by atoms with Crippen molar-refractivity contribution in [1.82, 2.24) is 0 Å². The van der Waals surface area contributed by atoms with Gasteiger partial charge in [-0.2, -0.15) is 0 Å². The molecule has 2 heterocycles. The summed E-state index contributed by atoms with van der Waals surface area (Å²) < 4.78 is 10.6. The van der Waals surface area contributed by atoms with Crippen LogP contribution in [0, 0.1) is 5.92 Å². The van der Waals surface area contributed by atoms with Crippen LogP contribution in [0.5, 0.6) is 0 Å². The zero-order valence-electron chi connectivity index (χ0n) is 15.2. The van der Waals surface area contributed by atoms with Gasteiger partial charge in [-0.05, 0) is 62.8 Å². The molecule has 1 N–H and O–H groups in total. The molecule has 6 heteroatoms. The zero-order chi connectivity index (χ0) is 18.7. The van der Waals surface area contributed by atoms with Crippen molar-refractivity contribution in [2.75, 3.05) is 5.32 Å². The van der Waals surface area contributed by atoms with E-state index in [0.717, 1.165) is 24.8 Å². The van der Waals surface area contributed by atoms with Gasteiger partial charge >= 0.3 is 5.97 Å². The number of thiophene rings is 1. The van der Waals surface area contributed by atoms with Gasteiger partial charge in [-0.15, -0.1) is 11.3 Å². The summed E-state index contributed by atoms with van der Waals surface area (Å²) in [5, 5.41) is 3.42. The predicted molar refractivity (Wildman–Crippen MR) is 102 cm³/mol. The molecule has 0 bridgehead atoms. The number of carbonyl (C=O) groups is 2. The molecule has 26 heavy (non-hydrogen) atoms. The van der Waals surface area contributed by atoms with Crippen LogP contribution in [0.4, 0.5) is 5.00 Å². The largest absolute Gasteiger partial charge is 0.465 e. The number of carbonyl (C=O) groups excluding carboxylic acids is 2. The molecule has 0 spiro atoms. The van der Waals surface area contributed by atoms with E-state index in [2.05, 4.69) is 12.2 Å². The minimum atomic E-state index is -0.364. The Morgan fingerprint density at radius 1 is 1.42 bits per heavy atom. The Morgan fingerprint density at radius 2 is 2.23 bits per heavy atom. The van der Waals surface area contributed by atoms with Crippen molar-refractivity contribution in [3.8, 4) is 0 Å². The fourth-order valence-corrected chi connectivity index (χ4v) is 4.43. The molecule has 1 unspecified atom stereocenters. The Balaban J connectivity index is 1.85. The molecule has 1 amide bonds. The van der Waals surface area contributed by atoms with Crippen LogP contribution in [0.1, 0.15) is 53.8 Å². The van der Waals surface area contributed by atoms with Gasteiger partial charge in [0.1, 0.15) is 10.8 Å². The van der Waals surface area contributed by atoms with Crippen LogP contribution >= 0.6 is 11.3 Å². The Bertz CT molecular complexity index is 817. The van der Waals surface area contributed by atoms with Crippen molar-refractivity contribution in [2.45, 2.75) is 46.1 Å². The lowest BCUT2D eigenvalue weighted by atomic mass is 9.88. The Morgan fingerprint density at radius 3 is 2.92 bits per heavy atom. The standard InChI is InChI=1S/C20H23NO4S/c1-12(2)25-20(23)18-15-8-6-13(3)11-16(15)26-19(18)21-17(22)9-7-14-5-4-10-24-14/h4-5,7,9-10,12-13H,6,8,11H2,1-3H3,(H,21,22). The van der Waals surface area contributed by atoms with Crippen LogP contribution in [-0.2, 0) is 22.4 Å². The third-order valence-corrected chi connectivity index (χ3v) is 5.41. The number of nitrogens with one attached hydrogen (secondary N) is 1. The van der Waals surface area contributed by atoms with Crippen molar-refractivity contribution in [2.24, 2.45) is 5.92 Å². The van der Waals surface area contributed by atoms with Gasteiger partial charge in [-0.1, -0.05) is 6.92 Å².